The van der Waals surface area contributed by atoms with Gasteiger partial charge in [-0.15, -0.1) is 0 Å². The van der Waals surface area contributed by atoms with Crippen molar-refractivity contribution in [3.63, 3.8) is 0 Å². The lowest BCUT2D eigenvalue weighted by Gasteiger charge is -2.35. The second kappa shape index (κ2) is 6.51. The molecule has 1 aromatic heterocycles. The average molecular weight is 293 g/mol. The summed E-state index contributed by atoms with van der Waals surface area (Å²) in [6.45, 7) is 2.59. The molecule has 0 spiro atoms. The molecule has 0 saturated carbocycles. The summed E-state index contributed by atoms with van der Waals surface area (Å²) in [6.07, 6.45) is 5.07. The van der Waals surface area contributed by atoms with E-state index in [1.54, 1.807) is 4.90 Å². The number of carbonyl (C=O) groups is 1. The molecule has 1 amide bonds. The monoisotopic (exact) mass is 293 g/mol. The molecule has 0 aliphatic carbocycles. The van der Waals surface area contributed by atoms with Crippen LogP contribution in [0.4, 0.5) is 5.69 Å². The number of aromatic nitrogens is 1. The van der Waals surface area contributed by atoms with Gasteiger partial charge in [0.25, 0.3) is 11.2 Å². The van der Waals surface area contributed by atoms with E-state index in [1.807, 2.05) is 6.92 Å². The van der Waals surface area contributed by atoms with Gasteiger partial charge >= 0.3 is 0 Å². The van der Waals surface area contributed by atoms with Gasteiger partial charge in [-0.25, -0.2) is 0 Å². The highest BCUT2D eigenvalue weighted by atomic mass is 16.6. The summed E-state index contributed by atoms with van der Waals surface area (Å²) in [7, 11) is 0. The summed E-state index contributed by atoms with van der Waals surface area (Å²) >= 11 is 0. The number of likely N-dealkylation sites (tertiary alicyclic amines) is 1. The van der Waals surface area contributed by atoms with Crippen molar-refractivity contribution in [3.05, 3.63) is 38.8 Å². The van der Waals surface area contributed by atoms with E-state index < -0.39 is 10.5 Å². The van der Waals surface area contributed by atoms with Gasteiger partial charge in [0, 0.05) is 24.7 Å². The molecule has 1 aliphatic heterocycles. The zero-order valence-corrected chi connectivity index (χ0v) is 12.0. The first-order valence-electron chi connectivity index (χ1n) is 7.17. The quantitative estimate of drug-likeness (QED) is 0.622. The lowest BCUT2D eigenvalue weighted by Crippen LogP contribution is -2.45. The molecule has 0 N–H and O–H groups in total. The third-order valence-electron chi connectivity index (χ3n) is 3.90. The van der Waals surface area contributed by atoms with Crippen LogP contribution in [0.15, 0.2) is 23.1 Å². The van der Waals surface area contributed by atoms with Crippen LogP contribution in [-0.2, 0) is 11.3 Å². The minimum Gasteiger partial charge on any atom is -0.338 e. The third-order valence-corrected chi connectivity index (χ3v) is 3.90. The largest absolute Gasteiger partial charge is 0.338 e. The van der Waals surface area contributed by atoms with Crippen LogP contribution in [0.2, 0.25) is 0 Å². The van der Waals surface area contributed by atoms with E-state index in [4.69, 9.17) is 0 Å². The van der Waals surface area contributed by atoms with Gasteiger partial charge in [-0.3, -0.25) is 24.3 Å². The zero-order chi connectivity index (χ0) is 15.4. The maximum absolute atomic E-state index is 12.4. The Morgan fingerprint density at radius 1 is 1.43 bits per heavy atom. The van der Waals surface area contributed by atoms with Crippen molar-refractivity contribution in [3.8, 4) is 0 Å². The Labute approximate surface area is 122 Å². The van der Waals surface area contributed by atoms with Gasteiger partial charge in [0.1, 0.15) is 6.54 Å². The van der Waals surface area contributed by atoms with Crippen molar-refractivity contribution in [2.75, 3.05) is 6.54 Å². The summed E-state index contributed by atoms with van der Waals surface area (Å²) in [5, 5.41) is 10.7. The lowest BCUT2D eigenvalue weighted by atomic mass is 10.00. The minimum atomic E-state index is -0.573. The molecule has 1 atom stereocenters. The highest BCUT2D eigenvalue weighted by molar-refractivity contribution is 5.76. The van der Waals surface area contributed by atoms with E-state index >= 15 is 0 Å². The van der Waals surface area contributed by atoms with Crippen LogP contribution < -0.4 is 5.56 Å². The Bertz CT molecular complexity index is 596. The number of hydrogen-bond acceptors (Lipinski definition) is 4. The van der Waals surface area contributed by atoms with Crippen LogP contribution in [0.3, 0.4) is 0 Å². The SMILES string of the molecule is CC[C@@H]1CCCCN1C(=O)Cn1cc([N+](=O)[O-])ccc1=O. The first-order valence-corrected chi connectivity index (χ1v) is 7.17. The van der Waals surface area contributed by atoms with Crippen molar-refractivity contribution in [2.45, 2.75) is 45.2 Å². The summed E-state index contributed by atoms with van der Waals surface area (Å²) in [6, 6.07) is 2.48. The van der Waals surface area contributed by atoms with E-state index in [-0.39, 0.29) is 24.2 Å². The third kappa shape index (κ3) is 3.48. The van der Waals surface area contributed by atoms with E-state index in [0.29, 0.717) is 6.54 Å². The van der Waals surface area contributed by atoms with Gasteiger partial charge < -0.3 is 4.90 Å². The number of carbonyl (C=O) groups excluding carboxylic acids is 1. The Hall–Kier alpha value is -2.18. The highest BCUT2D eigenvalue weighted by Crippen LogP contribution is 2.19. The second-order valence-corrected chi connectivity index (χ2v) is 5.26. The molecule has 114 valence electrons. The van der Waals surface area contributed by atoms with Crippen LogP contribution >= 0.6 is 0 Å². The van der Waals surface area contributed by atoms with Gasteiger partial charge in [0.15, 0.2) is 0 Å². The minimum absolute atomic E-state index is 0.142. The summed E-state index contributed by atoms with van der Waals surface area (Å²) in [5.74, 6) is -0.149. The van der Waals surface area contributed by atoms with Crippen LogP contribution in [0.1, 0.15) is 32.6 Å². The molecule has 21 heavy (non-hydrogen) atoms. The van der Waals surface area contributed by atoms with E-state index in [0.717, 1.165) is 48.6 Å². The fourth-order valence-corrected chi connectivity index (χ4v) is 2.74. The fourth-order valence-electron chi connectivity index (χ4n) is 2.74. The molecule has 0 unspecified atom stereocenters. The van der Waals surface area contributed by atoms with Crippen LogP contribution in [-0.4, -0.2) is 32.9 Å². The maximum atomic E-state index is 12.4. The molecule has 0 bridgehead atoms. The van der Waals surface area contributed by atoms with Crippen molar-refractivity contribution in [2.24, 2.45) is 0 Å². The van der Waals surface area contributed by atoms with Crippen LogP contribution in [0.5, 0.6) is 0 Å². The van der Waals surface area contributed by atoms with E-state index in [1.165, 1.54) is 0 Å². The predicted molar refractivity (Wildman–Crippen MR) is 77.0 cm³/mol. The van der Waals surface area contributed by atoms with Gasteiger partial charge in [-0.2, -0.15) is 0 Å². The lowest BCUT2D eigenvalue weighted by molar-refractivity contribution is -0.385. The molecule has 0 aromatic carbocycles. The maximum Gasteiger partial charge on any atom is 0.285 e. The number of rotatable bonds is 4. The van der Waals surface area contributed by atoms with Crippen molar-refractivity contribution >= 4 is 11.6 Å². The van der Waals surface area contributed by atoms with E-state index in [2.05, 4.69) is 0 Å². The van der Waals surface area contributed by atoms with Gasteiger partial charge in [-0.1, -0.05) is 6.92 Å². The van der Waals surface area contributed by atoms with Gasteiger partial charge in [-0.05, 0) is 25.7 Å². The molecular formula is C14H19N3O4. The molecular weight excluding hydrogens is 274 g/mol. The topological polar surface area (TPSA) is 85.4 Å². The molecule has 1 fully saturated rings. The predicted octanol–water partition coefficient (Wildman–Crippen LogP) is 1.55. The van der Waals surface area contributed by atoms with Gasteiger partial charge in [0.2, 0.25) is 5.91 Å². The number of hydrogen-bond donors (Lipinski definition) is 0. The Morgan fingerprint density at radius 2 is 2.19 bits per heavy atom. The van der Waals surface area contributed by atoms with Crippen LogP contribution in [0, 0.1) is 10.1 Å². The first kappa shape index (κ1) is 15.2. The normalized spacial score (nSPS) is 18.5. The molecule has 7 nitrogen and oxygen atoms in total. The standard InChI is InChI=1S/C14H19N3O4/c1-2-11-5-3-4-8-16(11)14(19)10-15-9-12(17(20)21)6-7-13(15)18/h6-7,9,11H,2-5,8,10H2,1H3/t11-/m1/s1. The highest BCUT2D eigenvalue weighted by Gasteiger charge is 2.25. The number of pyridine rings is 1. The van der Waals surface area contributed by atoms with Crippen molar-refractivity contribution < 1.29 is 9.72 Å². The molecule has 1 saturated heterocycles. The van der Waals surface area contributed by atoms with Gasteiger partial charge in [0.05, 0.1) is 11.1 Å². The average Bonchev–Trinajstić information content (AvgIpc) is 2.49. The van der Waals surface area contributed by atoms with Crippen LogP contribution in [0.25, 0.3) is 0 Å². The fraction of sp³-hybridized carbons (Fsp3) is 0.571. The first-order chi connectivity index (χ1) is 10.0. The summed E-state index contributed by atoms with van der Waals surface area (Å²) in [5.41, 5.74) is -0.591. The Kier molecular flexibility index (Phi) is 4.72. The summed E-state index contributed by atoms with van der Waals surface area (Å²) < 4.78 is 1.11. The van der Waals surface area contributed by atoms with Crippen molar-refractivity contribution in [1.82, 2.24) is 9.47 Å². The smallest absolute Gasteiger partial charge is 0.285 e. The Morgan fingerprint density at radius 3 is 2.86 bits per heavy atom. The molecule has 0 radical (unpaired) electrons. The van der Waals surface area contributed by atoms with E-state index in [9.17, 15) is 19.7 Å². The molecule has 7 heteroatoms. The summed E-state index contributed by atoms with van der Waals surface area (Å²) in [4.78, 5) is 36.1. The molecule has 1 aromatic rings. The molecule has 2 heterocycles. The molecule has 2 rings (SSSR count). The zero-order valence-electron chi connectivity index (χ0n) is 12.0. The molecule has 1 aliphatic rings. The van der Waals surface area contributed by atoms with Crippen molar-refractivity contribution in [1.29, 1.82) is 0 Å². The number of piperidine rings is 1. The Balaban J connectivity index is 2.17. The second-order valence-electron chi connectivity index (χ2n) is 5.26. The number of nitrogens with zero attached hydrogens (tertiary/aromatic N) is 3. The number of amides is 1. The number of nitro groups is 1.